The first-order valence-electron chi connectivity index (χ1n) is 5.97. The summed E-state index contributed by atoms with van der Waals surface area (Å²) in [7, 11) is 0. The van der Waals surface area contributed by atoms with Gasteiger partial charge in [0.1, 0.15) is 11.3 Å². The number of benzene rings is 1. The van der Waals surface area contributed by atoms with E-state index in [1.165, 1.54) is 12.1 Å². The molecular weight excluding hydrogens is 246 g/mol. The normalized spacial score (nSPS) is 10.9. The van der Waals surface area contributed by atoms with E-state index in [4.69, 9.17) is 4.74 Å². The number of phenolic OH excluding ortho intramolecular Hbond substituents is 1. The summed E-state index contributed by atoms with van der Waals surface area (Å²) in [6, 6.07) is 4.62. The molecule has 0 aliphatic carbocycles. The second-order valence-electron chi connectivity index (χ2n) is 5.39. The highest BCUT2D eigenvalue weighted by Crippen LogP contribution is 2.19. The van der Waals surface area contributed by atoms with Gasteiger partial charge in [-0.15, -0.1) is 0 Å². The summed E-state index contributed by atoms with van der Waals surface area (Å²) in [5.74, 6) is -1.25. The molecule has 104 valence electrons. The Hall–Kier alpha value is -2.04. The number of amides is 1. The molecule has 0 aliphatic rings. The monoisotopic (exact) mass is 265 g/mol. The number of aromatic hydroxyl groups is 1. The minimum absolute atomic E-state index is 0.0501. The Morgan fingerprint density at radius 3 is 2.47 bits per heavy atom. The van der Waals surface area contributed by atoms with Crippen molar-refractivity contribution in [3.05, 3.63) is 29.3 Å². The van der Waals surface area contributed by atoms with Crippen LogP contribution in [0.25, 0.3) is 0 Å². The number of carbonyl (C=O) groups is 2. The lowest BCUT2D eigenvalue weighted by molar-refractivity contribution is -0.125. The summed E-state index contributed by atoms with van der Waals surface area (Å²) in [4.78, 5) is 23.2. The molecule has 0 heterocycles. The van der Waals surface area contributed by atoms with Crippen molar-refractivity contribution in [2.75, 3.05) is 6.61 Å². The lowest BCUT2D eigenvalue weighted by Crippen LogP contribution is -2.42. The highest BCUT2D eigenvalue weighted by molar-refractivity contribution is 5.94. The standard InChI is InChI=1S/C14H19NO4/c1-9-5-6-10(11(16)7-9)13(18)19-8-12(17)15-14(2,3)4/h5-7,16H,8H2,1-4H3,(H,15,17). The van der Waals surface area contributed by atoms with E-state index < -0.39 is 5.97 Å². The van der Waals surface area contributed by atoms with Gasteiger partial charge in [0, 0.05) is 5.54 Å². The van der Waals surface area contributed by atoms with E-state index >= 15 is 0 Å². The van der Waals surface area contributed by atoms with Crippen molar-refractivity contribution in [1.82, 2.24) is 5.32 Å². The van der Waals surface area contributed by atoms with Crippen LogP contribution < -0.4 is 5.32 Å². The molecular formula is C14H19NO4. The van der Waals surface area contributed by atoms with Crippen molar-refractivity contribution >= 4 is 11.9 Å². The van der Waals surface area contributed by atoms with Gasteiger partial charge in [0.2, 0.25) is 0 Å². The molecule has 0 saturated heterocycles. The van der Waals surface area contributed by atoms with E-state index in [0.29, 0.717) is 0 Å². The molecule has 19 heavy (non-hydrogen) atoms. The van der Waals surface area contributed by atoms with Crippen LogP contribution >= 0.6 is 0 Å². The van der Waals surface area contributed by atoms with Gasteiger partial charge in [-0.25, -0.2) is 4.79 Å². The maximum atomic E-state index is 11.7. The first kappa shape index (κ1) is 15.0. The fourth-order valence-corrected chi connectivity index (χ4v) is 1.48. The highest BCUT2D eigenvalue weighted by atomic mass is 16.5. The summed E-state index contributed by atoms with van der Waals surface area (Å²) in [6.45, 7) is 6.92. The summed E-state index contributed by atoms with van der Waals surface area (Å²) in [5, 5.41) is 12.3. The van der Waals surface area contributed by atoms with Gasteiger partial charge in [0.25, 0.3) is 5.91 Å². The molecule has 0 atom stereocenters. The maximum absolute atomic E-state index is 11.7. The number of nitrogens with one attached hydrogen (secondary N) is 1. The molecule has 0 bridgehead atoms. The zero-order chi connectivity index (χ0) is 14.6. The second-order valence-corrected chi connectivity index (χ2v) is 5.39. The Bertz CT molecular complexity index is 489. The van der Waals surface area contributed by atoms with Gasteiger partial charge in [0.15, 0.2) is 6.61 Å². The Labute approximate surface area is 112 Å². The molecule has 0 aromatic heterocycles. The summed E-state index contributed by atoms with van der Waals surface area (Å²) in [5.41, 5.74) is 0.504. The number of esters is 1. The van der Waals surface area contributed by atoms with Crippen LogP contribution in [-0.4, -0.2) is 29.1 Å². The van der Waals surface area contributed by atoms with Crippen molar-refractivity contribution in [1.29, 1.82) is 0 Å². The maximum Gasteiger partial charge on any atom is 0.342 e. The third-order valence-corrected chi connectivity index (χ3v) is 2.22. The second kappa shape index (κ2) is 5.73. The van der Waals surface area contributed by atoms with Crippen molar-refractivity contribution in [2.45, 2.75) is 33.2 Å². The molecule has 0 fully saturated rings. The third kappa shape index (κ3) is 4.99. The molecule has 2 N–H and O–H groups in total. The molecule has 5 nitrogen and oxygen atoms in total. The SMILES string of the molecule is Cc1ccc(C(=O)OCC(=O)NC(C)(C)C)c(O)c1. The Kier molecular flexibility index (Phi) is 4.53. The van der Waals surface area contributed by atoms with Gasteiger partial charge in [-0.05, 0) is 45.4 Å². The average Bonchev–Trinajstić information content (AvgIpc) is 2.23. The van der Waals surface area contributed by atoms with Gasteiger partial charge in [-0.1, -0.05) is 6.07 Å². The van der Waals surface area contributed by atoms with E-state index in [2.05, 4.69) is 5.32 Å². The number of hydrogen-bond acceptors (Lipinski definition) is 4. The van der Waals surface area contributed by atoms with Crippen molar-refractivity contribution in [3.8, 4) is 5.75 Å². The predicted octanol–water partition coefficient (Wildman–Crippen LogP) is 1.77. The highest BCUT2D eigenvalue weighted by Gasteiger charge is 2.17. The predicted molar refractivity (Wildman–Crippen MR) is 71.0 cm³/mol. The Balaban J connectivity index is 2.59. The van der Waals surface area contributed by atoms with Crippen LogP contribution in [0, 0.1) is 6.92 Å². The number of carbonyl (C=O) groups excluding carboxylic acids is 2. The van der Waals surface area contributed by atoms with Crippen LogP contribution in [0.15, 0.2) is 18.2 Å². The molecule has 0 radical (unpaired) electrons. The lowest BCUT2D eigenvalue weighted by atomic mass is 10.1. The Morgan fingerprint density at radius 2 is 1.95 bits per heavy atom. The van der Waals surface area contributed by atoms with E-state index in [0.717, 1.165) is 5.56 Å². The fraction of sp³-hybridized carbons (Fsp3) is 0.429. The first-order valence-corrected chi connectivity index (χ1v) is 5.97. The van der Waals surface area contributed by atoms with E-state index in [1.807, 2.05) is 20.8 Å². The molecule has 0 saturated carbocycles. The summed E-state index contributed by atoms with van der Waals surface area (Å²) < 4.78 is 4.85. The molecule has 5 heteroatoms. The van der Waals surface area contributed by atoms with Gasteiger partial charge in [-0.3, -0.25) is 4.79 Å². The average molecular weight is 265 g/mol. The zero-order valence-electron chi connectivity index (χ0n) is 11.6. The van der Waals surface area contributed by atoms with Crippen molar-refractivity contribution in [3.63, 3.8) is 0 Å². The zero-order valence-corrected chi connectivity index (χ0v) is 11.6. The third-order valence-electron chi connectivity index (χ3n) is 2.22. The minimum Gasteiger partial charge on any atom is -0.507 e. The van der Waals surface area contributed by atoms with E-state index in [1.54, 1.807) is 13.0 Å². The first-order chi connectivity index (χ1) is 8.69. The largest absolute Gasteiger partial charge is 0.507 e. The van der Waals surface area contributed by atoms with Crippen molar-refractivity contribution < 1.29 is 19.4 Å². The van der Waals surface area contributed by atoms with Crippen LogP contribution in [0.3, 0.4) is 0 Å². The molecule has 1 amide bonds. The number of rotatable bonds is 3. The van der Waals surface area contributed by atoms with Gasteiger partial charge in [-0.2, -0.15) is 0 Å². The van der Waals surface area contributed by atoms with Crippen LogP contribution in [-0.2, 0) is 9.53 Å². The smallest absolute Gasteiger partial charge is 0.342 e. The molecule has 1 aromatic carbocycles. The van der Waals surface area contributed by atoms with Crippen LogP contribution in [0.4, 0.5) is 0 Å². The number of ether oxygens (including phenoxy) is 1. The summed E-state index contributed by atoms with van der Waals surface area (Å²) in [6.07, 6.45) is 0. The van der Waals surface area contributed by atoms with Crippen LogP contribution in [0.1, 0.15) is 36.7 Å². The number of phenols is 1. The molecule has 1 rings (SSSR count). The van der Waals surface area contributed by atoms with Gasteiger partial charge >= 0.3 is 5.97 Å². The molecule has 1 aromatic rings. The Morgan fingerprint density at radius 1 is 1.32 bits per heavy atom. The molecule has 0 aliphatic heterocycles. The van der Waals surface area contributed by atoms with Crippen LogP contribution in [0.5, 0.6) is 5.75 Å². The van der Waals surface area contributed by atoms with Crippen LogP contribution in [0.2, 0.25) is 0 Å². The lowest BCUT2D eigenvalue weighted by Gasteiger charge is -2.20. The molecule has 0 unspecified atom stereocenters. The van der Waals surface area contributed by atoms with Crippen molar-refractivity contribution in [2.24, 2.45) is 0 Å². The number of hydrogen-bond donors (Lipinski definition) is 2. The van der Waals surface area contributed by atoms with Gasteiger partial charge in [0.05, 0.1) is 0 Å². The summed E-state index contributed by atoms with van der Waals surface area (Å²) >= 11 is 0. The van der Waals surface area contributed by atoms with E-state index in [9.17, 15) is 14.7 Å². The minimum atomic E-state index is -0.721. The van der Waals surface area contributed by atoms with Gasteiger partial charge < -0.3 is 15.2 Å². The number of aryl methyl sites for hydroxylation is 1. The van der Waals surface area contributed by atoms with E-state index in [-0.39, 0.29) is 29.4 Å². The molecule has 0 spiro atoms. The quantitative estimate of drug-likeness (QED) is 0.817. The fourth-order valence-electron chi connectivity index (χ4n) is 1.48. The topological polar surface area (TPSA) is 75.6 Å².